The largest absolute Gasteiger partial charge is 0.466 e. The fourth-order valence-corrected chi connectivity index (χ4v) is 5.90. The van der Waals surface area contributed by atoms with Crippen molar-refractivity contribution in [2.75, 3.05) is 6.61 Å². The molecule has 2 nitrogen and oxygen atoms in total. The van der Waals surface area contributed by atoms with E-state index in [1.54, 1.807) is 0 Å². The van der Waals surface area contributed by atoms with Gasteiger partial charge in [0.15, 0.2) is 0 Å². The molecule has 0 aromatic rings. The van der Waals surface area contributed by atoms with Crippen LogP contribution in [0.2, 0.25) is 0 Å². The maximum absolute atomic E-state index is 11.6. The third kappa shape index (κ3) is 35.5. The quantitative estimate of drug-likeness (QED) is 0.0565. The summed E-state index contributed by atoms with van der Waals surface area (Å²) < 4.78 is 5.31. The first kappa shape index (κ1) is 39.5. The highest BCUT2D eigenvalue weighted by Crippen LogP contribution is 2.16. The van der Waals surface area contributed by atoms with Crippen LogP contribution in [-0.2, 0) is 9.53 Å². The van der Waals surface area contributed by atoms with Gasteiger partial charge >= 0.3 is 5.97 Å². The van der Waals surface area contributed by atoms with Crippen LogP contribution in [0.4, 0.5) is 0 Å². The van der Waals surface area contributed by atoms with Crippen molar-refractivity contribution in [1.29, 1.82) is 0 Å². The van der Waals surface area contributed by atoms with E-state index in [1.807, 2.05) is 0 Å². The van der Waals surface area contributed by atoms with Gasteiger partial charge in [-0.25, -0.2) is 0 Å². The second-order valence-electron chi connectivity index (χ2n) is 12.9. The highest BCUT2D eigenvalue weighted by Gasteiger charge is 2.02. The lowest BCUT2D eigenvalue weighted by Gasteiger charge is -2.05. The van der Waals surface area contributed by atoms with Crippen molar-refractivity contribution in [3.05, 3.63) is 0 Å². The first-order valence-corrected chi connectivity index (χ1v) is 19.0. The van der Waals surface area contributed by atoms with Gasteiger partial charge < -0.3 is 4.74 Å². The van der Waals surface area contributed by atoms with E-state index in [0.717, 1.165) is 25.7 Å². The van der Waals surface area contributed by atoms with E-state index in [1.165, 1.54) is 186 Å². The van der Waals surface area contributed by atoms with Crippen molar-refractivity contribution in [3.63, 3.8) is 0 Å². The Hall–Kier alpha value is -0.530. The van der Waals surface area contributed by atoms with Crippen molar-refractivity contribution in [2.45, 2.75) is 232 Å². The molecule has 0 aliphatic carbocycles. The number of carbonyl (C=O) groups is 1. The zero-order chi connectivity index (χ0) is 29.0. The Kier molecular flexibility index (Phi) is 36.0. The van der Waals surface area contributed by atoms with Gasteiger partial charge in [-0.05, 0) is 12.8 Å². The molecule has 0 aliphatic rings. The van der Waals surface area contributed by atoms with Crippen LogP contribution in [-0.4, -0.2) is 12.6 Å². The van der Waals surface area contributed by atoms with E-state index >= 15 is 0 Å². The predicted octanol–water partition coefficient (Wildman–Crippen LogP) is 13.8. The predicted molar refractivity (Wildman–Crippen MR) is 179 cm³/mol. The molecule has 240 valence electrons. The highest BCUT2D eigenvalue weighted by atomic mass is 16.5. The van der Waals surface area contributed by atoms with Crippen molar-refractivity contribution in [3.8, 4) is 0 Å². The molecule has 0 radical (unpaired) electrons. The molecule has 40 heavy (non-hydrogen) atoms. The molecule has 2 heteroatoms. The minimum atomic E-state index is 0.00357. The van der Waals surface area contributed by atoms with Crippen LogP contribution >= 0.6 is 0 Å². The molecule has 0 unspecified atom stereocenters. The number of ether oxygens (including phenoxy) is 1. The van der Waals surface area contributed by atoms with Crippen molar-refractivity contribution < 1.29 is 9.53 Å². The number of carbonyl (C=O) groups excluding carboxylic acids is 1. The van der Waals surface area contributed by atoms with Crippen molar-refractivity contribution >= 4 is 5.97 Å². The number of esters is 1. The number of hydrogen-bond donors (Lipinski definition) is 0. The molecule has 0 spiro atoms. The van der Waals surface area contributed by atoms with Gasteiger partial charge in [0.05, 0.1) is 6.61 Å². The van der Waals surface area contributed by atoms with Gasteiger partial charge in [0, 0.05) is 6.42 Å². The molecule has 0 amide bonds. The van der Waals surface area contributed by atoms with E-state index in [9.17, 15) is 4.79 Å². The monoisotopic (exact) mass is 565 g/mol. The molecule has 0 heterocycles. The van der Waals surface area contributed by atoms with E-state index in [2.05, 4.69) is 13.8 Å². The van der Waals surface area contributed by atoms with Gasteiger partial charge in [0.25, 0.3) is 0 Å². The zero-order valence-electron chi connectivity index (χ0n) is 28.1. The Balaban J connectivity index is 3.06. The van der Waals surface area contributed by atoms with Crippen LogP contribution in [0.15, 0.2) is 0 Å². The van der Waals surface area contributed by atoms with Gasteiger partial charge in [-0.15, -0.1) is 0 Å². The highest BCUT2D eigenvalue weighted by molar-refractivity contribution is 5.69. The average Bonchev–Trinajstić information content (AvgIpc) is 2.96. The number of unbranched alkanes of at least 4 members (excludes halogenated alkanes) is 31. The summed E-state index contributed by atoms with van der Waals surface area (Å²) in [6.45, 7) is 5.09. The van der Waals surface area contributed by atoms with Crippen LogP contribution in [0.5, 0.6) is 0 Å². The fourth-order valence-electron chi connectivity index (χ4n) is 5.90. The summed E-state index contributed by atoms with van der Waals surface area (Å²) in [5.41, 5.74) is 0. The first-order valence-electron chi connectivity index (χ1n) is 19.0. The topological polar surface area (TPSA) is 26.3 Å². The Morgan fingerprint density at radius 3 is 0.825 bits per heavy atom. The van der Waals surface area contributed by atoms with E-state index in [0.29, 0.717) is 13.0 Å². The van der Waals surface area contributed by atoms with Crippen molar-refractivity contribution in [2.24, 2.45) is 0 Å². The molecule has 0 N–H and O–H groups in total. The van der Waals surface area contributed by atoms with Crippen LogP contribution < -0.4 is 0 Å². The normalized spacial score (nSPS) is 11.3. The summed E-state index contributed by atoms with van der Waals surface area (Å²) >= 11 is 0. The molecule has 0 saturated heterocycles. The van der Waals surface area contributed by atoms with Gasteiger partial charge in [0.1, 0.15) is 0 Å². The summed E-state index contributed by atoms with van der Waals surface area (Å²) in [5, 5.41) is 0. The number of hydrogen-bond acceptors (Lipinski definition) is 2. The summed E-state index contributed by atoms with van der Waals surface area (Å²) in [6, 6.07) is 0. The third-order valence-corrected chi connectivity index (χ3v) is 8.75. The Labute approximate surface area is 254 Å². The maximum Gasteiger partial charge on any atom is 0.305 e. The van der Waals surface area contributed by atoms with Gasteiger partial charge in [-0.3, -0.25) is 4.79 Å². The molecular weight excluding hydrogens is 488 g/mol. The number of rotatable bonds is 35. The molecule has 0 aromatic carbocycles. The lowest BCUT2D eigenvalue weighted by molar-refractivity contribution is -0.143. The van der Waals surface area contributed by atoms with Crippen LogP contribution in [0, 0.1) is 0 Å². The van der Waals surface area contributed by atoms with Gasteiger partial charge in [0.2, 0.25) is 0 Å². The molecule has 0 fully saturated rings. The van der Waals surface area contributed by atoms with E-state index in [4.69, 9.17) is 4.74 Å². The summed E-state index contributed by atoms with van der Waals surface area (Å²) in [4.78, 5) is 11.6. The van der Waals surface area contributed by atoms with E-state index < -0.39 is 0 Å². The second kappa shape index (κ2) is 36.5. The zero-order valence-corrected chi connectivity index (χ0v) is 28.1. The fraction of sp³-hybridized carbons (Fsp3) is 0.974. The lowest BCUT2D eigenvalue weighted by Crippen LogP contribution is -2.05. The molecule has 0 bridgehead atoms. The lowest BCUT2D eigenvalue weighted by atomic mass is 10.0. The molecule has 0 saturated carbocycles. The maximum atomic E-state index is 11.6. The average molecular weight is 565 g/mol. The second-order valence-corrected chi connectivity index (χ2v) is 12.9. The van der Waals surface area contributed by atoms with Crippen LogP contribution in [0.25, 0.3) is 0 Å². The summed E-state index contributed by atoms with van der Waals surface area (Å²) in [5.74, 6) is 0.00357. The van der Waals surface area contributed by atoms with E-state index in [-0.39, 0.29) is 5.97 Å². The third-order valence-electron chi connectivity index (χ3n) is 8.75. The van der Waals surface area contributed by atoms with Crippen LogP contribution in [0.1, 0.15) is 232 Å². The smallest absolute Gasteiger partial charge is 0.305 e. The molecule has 0 aliphatic heterocycles. The molecule has 0 atom stereocenters. The van der Waals surface area contributed by atoms with Gasteiger partial charge in [-0.1, -0.05) is 213 Å². The Bertz CT molecular complexity index is 460. The summed E-state index contributed by atoms with van der Waals surface area (Å²) in [6.07, 6.45) is 46.7. The molecule has 0 rings (SSSR count). The Morgan fingerprint density at radius 2 is 0.550 bits per heavy atom. The SMILES string of the molecule is CCCCCCCCCCCCCCCCCCCCCCCCCCCCCCCCOC(=O)CCCCC. The Morgan fingerprint density at radius 1 is 0.325 bits per heavy atom. The molecular formula is C38H76O2. The minimum Gasteiger partial charge on any atom is -0.466 e. The standard InChI is InChI=1S/C38H76O2/c1-3-5-7-8-9-10-11-12-13-14-15-16-17-18-19-20-21-22-23-24-25-26-27-28-29-30-31-32-33-35-37-40-38(39)36-34-6-4-2/h3-37H2,1-2H3. The summed E-state index contributed by atoms with van der Waals surface area (Å²) in [7, 11) is 0. The first-order chi connectivity index (χ1) is 19.8. The van der Waals surface area contributed by atoms with Crippen molar-refractivity contribution in [1.82, 2.24) is 0 Å². The molecule has 0 aromatic heterocycles. The van der Waals surface area contributed by atoms with Gasteiger partial charge in [-0.2, -0.15) is 0 Å². The minimum absolute atomic E-state index is 0.00357. The van der Waals surface area contributed by atoms with Crippen LogP contribution in [0.3, 0.4) is 0 Å².